The maximum atomic E-state index is 11.7. The molecule has 2 atom stereocenters. The van der Waals surface area contributed by atoms with Gasteiger partial charge < -0.3 is 15.4 Å². The summed E-state index contributed by atoms with van der Waals surface area (Å²) in [7, 11) is 1.48. The van der Waals surface area contributed by atoms with Gasteiger partial charge in [0.2, 0.25) is 0 Å². The Morgan fingerprint density at radius 3 is 3.00 bits per heavy atom. The molecule has 1 aliphatic carbocycles. The average Bonchev–Trinajstić information content (AvgIpc) is 2.76. The summed E-state index contributed by atoms with van der Waals surface area (Å²) in [5.74, 6) is -0.0363. The van der Waals surface area contributed by atoms with Gasteiger partial charge in [0.15, 0.2) is 0 Å². The molecule has 0 radical (unpaired) electrons. The zero-order valence-corrected chi connectivity index (χ0v) is 9.56. The van der Waals surface area contributed by atoms with Crippen molar-refractivity contribution in [3.8, 4) is 0 Å². The SMILES string of the molecule is CCCNCC12CNCC1(C(=O)OC)C2. The first-order chi connectivity index (χ1) is 7.21. The van der Waals surface area contributed by atoms with E-state index in [0.717, 1.165) is 39.0 Å². The molecule has 1 heterocycles. The second-order valence-corrected chi connectivity index (χ2v) is 4.81. The number of hydrogen-bond donors (Lipinski definition) is 2. The van der Waals surface area contributed by atoms with Gasteiger partial charge in [-0.25, -0.2) is 0 Å². The second kappa shape index (κ2) is 3.76. The fourth-order valence-corrected chi connectivity index (χ4v) is 2.89. The molecule has 0 bridgehead atoms. The maximum absolute atomic E-state index is 11.7. The number of carbonyl (C=O) groups is 1. The predicted octanol–water partition coefficient (Wildman–Crippen LogP) is 0.139. The molecule has 4 nitrogen and oxygen atoms in total. The standard InChI is InChI=1S/C11H20N2O2/c1-3-4-12-6-10-5-11(10,8-13-7-10)9(14)15-2/h12-13H,3-8H2,1-2H3. The van der Waals surface area contributed by atoms with Crippen LogP contribution in [0.1, 0.15) is 19.8 Å². The minimum atomic E-state index is -0.220. The molecule has 1 aliphatic heterocycles. The average molecular weight is 212 g/mol. The van der Waals surface area contributed by atoms with Crippen molar-refractivity contribution in [1.82, 2.24) is 10.6 Å². The van der Waals surface area contributed by atoms with Crippen LogP contribution in [0.5, 0.6) is 0 Å². The molecule has 1 saturated heterocycles. The van der Waals surface area contributed by atoms with Crippen molar-refractivity contribution in [1.29, 1.82) is 0 Å². The van der Waals surface area contributed by atoms with Crippen molar-refractivity contribution in [2.45, 2.75) is 19.8 Å². The van der Waals surface area contributed by atoms with Crippen LogP contribution in [0, 0.1) is 10.8 Å². The first-order valence-corrected chi connectivity index (χ1v) is 5.71. The Bertz CT molecular complexity index is 269. The fourth-order valence-electron chi connectivity index (χ4n) is 2.89. The maximum Gasteiger partial charge on any atom is 0.313 e. The van der Waals surface area contributed by atoms with E-state index in [1.807, 2.05) is 0 Å². The van der Waals surface area contributed by atoms with Crippen LogP contribution in [0.15, 0.2) is 0 Å². The summed E-state index contributed by atoms with van der Waals surface area (Å²) in [6, 6.07) is 0. The highest BCUT2D eigenvalue weighted by Gasteiger charge is 2.74. The van der Waals surface area contributed by atoms with E-state index in [1.54, 1.807) is 0 Å². The largest absolute Gasteiger partial charge is 0.469 e. The summed E-state index contributed by atoms with van der Waals surface area (Å²) >= 11 is 0. The first kappa shape index (κ1) is 10.9. The van der Waals surface area contributed by atoms with E-state index in [2.05, 4.69) is 17.6 Å². The lowest BCUT2D eigenvalue weighted by molar-refractivity contribution is -0.147. The van der Waals surface area contributed by atoms with E-state index < -0.39 is 0 Å². The number of hydrogen-bond acceptors (Lipinski definition) is 4. The normalized spacial score (nSPS) is 37.5. The van der Waals surface area contributed by atoms with Crippen molar-refractivity contribution in [2.75, 3.05) is 33.3 Å². The van der Waals surface area contributed by atoms with Crippen LogP contribution in [-0.2, 0) is 9.53 Å². The van der Waals surface area contributed by atoms with Crippen molar-refractivity contribution in [3.63, 3.8) is 0 Å². The van der Waals surface area contributed by atoms with Gasteiger partial charge in [-0.1, -0.05) is 6.92 Å². The third-order valence-electron chi connectivity index (χ3n) is 3.89. The Balaban J connectivity index is 1.96. The fraction of sp³-hybridized carbons (Fsp3) is 0.909. The topological polar surface area (TPSA) is 50.4 Å². The van der Waals surface area contributed by atoms with Gasteiger partial charge in [-0.2, -0.15) is 0 Å². The minimum Gasteiger partial charge on any atom is -0.469 e. The molecule has 2 rings (SSSR count). The van der Waals surface area contributed by atoms with Gasteiger partial charge in [0.25, 0.3) is 0 Å². The lowest BCUT2D eigenvalue weighted by Gasteiger charge is -2.15. The Morgan fingerprint density at radius 1 is 1.53 bits per heavy atom. The van der Waals surface area contributed by atoms with E-state index in [4.69, 9.17) is 4.74 Å². The highest BCUT2D eigenvalue weighted by molar-refractivity contribution is 5.83. The van der Waals surface area contributed by atoms with E-state index >= 15 is 0 Å². The molecular formula is C11H20N2O2. The first-order valence-electron chi connectivity index (χ1n) is 5.71. The molecule has 0 aromatic heterocycles. The van der Waals surface area contributed by atoms with E-state index in [9.17, 15) is 4.79 Å². The van der Waals surface area contributed by atoms with Crippen LogP contribution >= 0.6 is 0 Å². The number of fused-ring (bicyclic) bond motifs is 1. The molecule has 2 aliphatic rings. The molecule has 0 aromatic carbocycles. The van der Waals surface area contributed by atoms with Crippen molar-refractivity contribution in [3.05, 3.63) is 0 Å². The number of methoxy groups -OCH3 is 1. The molecular weight excluding hydrogens is 192 g/mol. The molecule has 4 heteroatoms. The Labute approximate surface area is 90.8 Å². The van der Waals surface area contributed by atoms with Crippen LogP contribution in [0.4, 0.5) is 0 Å². The predicted molar refractivity (Wildman–Crippen MR) is 57.5 cm³/mol. The van der Waals surface area contributed by atoms with Crippen LogP contribution in [0.3, 0.4) is 0 Å². The summed E-state index contributed by atoms with van der Waals surface area (Å²) in [6.07, 6.45) is 2.12. The van der Waals surface area contributed by atoms with Gasteiger partial charge in [-0.15, -0.1) is 0 Å². The van der Waals surface area contributed by atoms with Gasteiger partial charge in [-0.3, -0.25) is 4.79 Å². The molecule has 2 N–H and O–H groups in total. The van der Waals surface area contributed by atoms with Crippen LogP contribution in [0.2, 0.25) is 0 Å². The highest BCUT2D eigenvalue weighted by Crippen LogP contribution is 2.66. The van der Waals surface area contributed by atoms with Gasteiger partial charge in [-0.05, 0) is 19.4 Å². The third kappa shape index (κ3) is 1.47. The zero-order chi connectivity index (χ0) is 10.9. The number of rotatable bonds is 5. The van der Waals surface area contributed by atoms with Crippen molar-refractivity contribution < 1.29 is 9.53 Å². The summed E-state index contributed by atoms with van der Waals surface area (Å²) in [5, 5.41) is 6.72. The smallest absolute Gasteiger partial charge is 0.313 e. The minimum absolute atomic E-state index is 0.0363. The summed E-state index contributed by atoms with van der Waals surface area (Å²) in [4.78, 5) is 11.7. The number of nitrogens with one attached hydrogen (secondary N) is 2. The van der Waals surface area contributed by atoms with E-state index in [0.29, 0.717) is 0 Å². The number of piperidine rings is 1. The third-order valence-corrected chi connectivity index (χ3v) is 3.89. The lowest BCUT2D eigenvalue weighted by atomic mass is 9.96. The summed E-state index contributed by atoms with van der Waals surface area (Å²) in [6.45, 7) is 5.84. The van der Waals surface area contributed by atoms with Crippen molar-refractivity contribution in [2.24, 2.45) is 10.8 Å². The van der Waals surface area contributed by atoms with Gasteiger partial charge in [0.05, 0.1) is 12.5 Å². The molecule has 1 saturated carbocycles. The lowest BCUT2D eigenvalue weighted by Crippen LogP contribution is -2.32. The Hall–Kier alpha value is -0.610. The monoisotopic (exact) mass is 212 g/mol. The van der Waals surface area contributed by atoms with E-state index in [-0.39, 0.29) is 16.8 Å². The van der Waals surface area contributed by atoms with Gasteiger partial charge >= 0.3 is 5.97 Å². The number of esters is 1. The Morgan fingerprint density at radius 2 is 2.33 bits per heavy atom. The number of carbonyl (C=O) groups excluding carboxylic acids is 1. The summed E-state index contributed by atoms with van der Waals surface area (Å²) < 4.78 is 4.90. The zero-order valence-electron chi connectivity index (χ0n) is 9.56. The van der Waals surface area contributed by atoms with Crippen LogP contribution in [0.25, 0.3) is 0 Å². The molecule has 0 aromatic rings. The molecule has 0 spiro atoms. The van der Waals surface area contributed by atoms with Crippen LogP contribution < -0.4 is 10.6 Å². The van der Waals surface area contributed by atoms with E-state index in [1.165, 1.54) is 7.11 Å². The highest BCUT2D eigenvalue weighted by atomic mass is 16.5. The quantitative estimate of drug-likeness (QED) is 0.503. The molecule has 2 fully saturated rings. The van der Waals surface area contributed by atoms with Gasteiger partial charge in [0.1, 0.15) is 0 Å². The molecule has 15 heavy (non-hydrogen) atoms. The second-order valence-electron chi connectivity index (χ2n) is 4.81. The van der Waals surface area contributed by atoms with Crippen molar-refractivity contribution >= 4 is 5.97 Å². The molecule has 0 amide bonds. The Kier molecular flexibility index (Phi) is 2.73. The summed E-state index contributed by atoms with van der Waals surface area (Å²) in [5.41, 5.74) is -0.0856. The molecule has 2 unspecified atom stereocenters. The van der Waals surface area contributed by atoms with Gasteiger partial charge in [0, 0.05) is 25.0 Å². The molecule has 86 valence electrons. The van der Waals surface area contributed by atoms with Crippen LogP contribution in [-0.4, -0.2) is 39.3 Å². The number of ether oxygens (including phenoxy) is 1.